The van der Waals surface area contributed by atoms with E-state index in [0.717, 1.165) is 31.9 Å². The molecule has 0 unspecified atom stereocenters. The fourth-order valence-electron chi connectivity index (χ4n) is 2.00. The molecule has 0 aliphatic carbocycles. The Morgan fingerprint density at radius 2 is 2.00 bits per heavy atom. The van der Waals surface area contributed by atoms with Crippen molar-refractivity contribution >= 4 is 17.7 Å². The summed E-state index contributed by atoms with van der Waals surface area (Å²) in [6, 6.07) is 7.94. The van der Waals surface area contributed by atoms with Gasteiger partial charge in [-0.3, -0.25) is 4.79 Å². The van der Waals surface area contributed by atoms with Crippen LogP contribution in [-0.4, -0.2) is 49.8 Å². The molecule has 2 rings (SSSR count). The van der Waals surface area contributed by atoms with Crippen LogP contribution < -0.4 is 10.1 Å². The Hall–Kier alpha value is -1.20. The van der Waals surface area contributed by atoms with Gasteiger partial charge in [0.25, 0.3) is 0 Å². The number of thioether (sulfide) groups is 1. The third-order valence-corrected chi connectivity index (χ3v) is 3.86. The summed E-state index contributed by atoms with van der Waals surface area (Å²) in [5.41, 5.74) is 0. The zero-order valence-corrected chi connectivity index (χ0v) is 12.0. The SMILES string of the molecule is CSc1ccc(OCCC(=O)N2CCNCC2)cc1. The summed E-state index contributed by atoms with van der Waals surface area (Å²) in [5.74, 6) is 1.01. The van der Waals surface area contributed by atoms with Gasteiger partial charge < -0.3 is 15.0 Å². The van der Waals surface area contributed by atoms with Gasteiger partial charge >= 0.3 is 0 Å². The first-order valence-corrected chi connectivity index (χ1v) is 7.77. The fourth-order valence-corrected chi connectivity index (χ4v) is 2.41. The number of nitrogens with zero attached hydrogens (tertiary/aromatic N) is 1. The quantitative estimate of drug-likeness (QED) is 0.832. The van der Waals surface area contributed by atoms with E-state index in [1.54, 1.807) is 11.8 Å². The first kappa shape index (κ1) is 14.2. The smallest absolute Gasteiger partial charge is 0.226 e. The van der Waals surface area contributed by atoms with Crippen LogP contribution in [0, 0.1) is 0 Å². The minimum absolute atomic E-state index is 0.183. The predicted molar refractivity (Wildman–Crippen MR) is 77.8 cm³/mol. The number of amides is 1. The van der Waals surface area contributed by atoms with Gasteiger partial charge in [-0.25, -0.2) is 0 Å². The van der Waals surface area contributed by atoms with Crippen molar-refractivity contribution < 1.29 is 9.53 Å². The summed E-state index contributed by atoms with van der Waals surface area (Å²) in [4.78, 5) is 15.0. The molecule has 1 saturated heterocycles. The Balaban J connectivity index is 1.71. The van der Waals surface area contributed by atoms with E-state index in [-0.39, 0.29) is 5.91 Å². The van der Waals surface area contributed by atoms with E-state index in [4.69, 9.17) is 4.74 Å². The highest BCUT2D eigenvalue weighted by Gasteiger charge is 2.15. The molecule has 104 valence electrons. The van der Waals surface area contributed by atoms with Crippen molar-refractivity contribution in [1.29, 1.82) is 0 Å². The van der Waals surface area contributed by atoms with Crippen LogP contribution in [0.1, 0.15) is 6.42 Å². The Morgan fingerprint density at radius 3 is 2.63 bits per heavy atom. The van der Waals surface area contributed by atoms with E-state index in [1.165, 1.54) is 4.90 Å². The van der Waals surface area contributed by atoms with E-state index in [1.807, 2.05) is 35.4 Å². The van der Waals surface area contributed by atoms with E-state index in [2.05, 4.69) is 5.32 Å². The number of carbonyl (C=O) groups excluding carboxylic acids is 1. The van der Waals surface area contributed by atoms with Crippen molar-refractivity contribution in [3.8, 4) is 5.75 Å². The molecule has 0 bridgehead atoms. The van der Waals surface area contributed by atoms with Gasteiger partial charge in [0, 0.05) is 31.1 Å². The first-order valence-electron chi connectivity index (χ1n) is 6.55. The lowest BCUT2D eigenvalue weighted by Gasteiger charge is -2.27. The van der Waals surface area contributed by atoms with Gasteiger partial charge in [0.2, 0.25) is 5.91 Å². The molecule has 1 aromatic rings. The summed E-state index contributed by atoms with van der Waals surface area (Å²) in [7, 11) is 0. The van der Waals surface area contributed by atoms with E-state index < -0.39 is 0 Å². The Morgan fingerprint density at radius 1 is 1.32 bits per heavy atom. The standard InChI is InChI=1S/C14H20N2O2S/c1-19-13-4-2-12(3-5-13)18-11-6-14(17)16-9-7-15-8-10-16/h2-5,15H,6-11H2,1H3. The van der Waals surface area contributed by atoms with Crippen LogP contribution in [0.4, 0.5) is 0 Å². The second kappa shape index (κ2) is 7.40. The van der Waals surface area contributed by atoms with Crippen LogP contribution in [0.3, 0.4) is 0 Å². The molecule has 0 atom stereocenters. The van der Waals surface area contributed by atoms with E-state index >= 15 is 0 Å². The van der Waals surface area contributed by atoms with Crippen molar-refractivity contribution in [1.82, 2.24) is 10.2 Å². The number of nitrogens with one attached hydrogen (secondary N) is 1. The number of rotatable bonds is 5. The average Bonchev–Trinajstić information content (AvgIpc) is 2.49. The third-order valence-electron chi connectivity index (χ3n) is 3.11. The molecular weight excluding hydrogens is 260 g/mol. The topological polar surface area (TPSA) is 41.6 Å². The van der Waals surface area contributed by atoms with Gasteiger partial charge in [0.15, 0.2) is 0 Å². The van der Waals surface area contributed by atoms with E-state index in [0.29, 0.717) is 13.0 Å². The molecule has 4 nitrogen and oxygen atoms in total. The molecule has 0 saturated carbocycles. The summed E-state index contributed by atoms with van der Waals surface area (Å²) in [6.07, 6.45) is 2.49. The van der Waals surface area contributed by atoms with Crippen molar-refractivity contribution in [3.63, 3.8) is 0 Å². The highest BCUT2D eigenvalue weighted by atomic mass is 32.2. The molecule has 0 spiro atoms. The van der Waals surface area contributed by atoms with Gasteiger partial charge in [-0.1, -0.05) is 0 Å². The molecular formula is C14H20N2O2S. The van der Waals surface area contributed by atoms with Crippen molar-refractivity contribution in [3.05, 3.63) is 24.3 Å². The zero-order chi connectivity index (χ0) is 13.5. The molecule has 1 N–H and O–H groups in total. The fraction of sp³-hybridized carbons (Fsp3) is 0.500. The first-order chi connectivity index (χ1) is 9.29. The highest BCUT2D eigenvalue weighted by molar-refractivity contribution is 7.98. The van der Waals surface area contributed by atoms with Crippen molar-refractivity contribution in [2.75, 3.05) is 39.0 Å². The third kappa shape index (κ3) is 4.44. The maximum absolute atomic E-state index is 11.9. The molecule has 0 radical (unpaired) electrons. The van der Waals surface area contributed by atoms with E-state index in [9.17, 15) is 4.79 Å². The van der Waals surface area contributed by atoms with Crippen LogP contribution in [0.25, 0.3) is 0 Å². The Bertz CT molecular complexity index is 402. The number of hydrogen-bond donors (Lipinski definition) is 1. The van der Waals surface area contributed by atoms with Crippen LogP contribution in [-0.2, 0) is 4.79 Å². The maximum atomic E-state index is 11.9. The largest absolute Gasteiger partial charge is 0.493 e. The second-order valence-electron chi connectivity index (χ2n) is 4.40. The zero-order valence-electron chi connectivity index (χ0n) is 11.2. The summed E-state index contributed by atoms with van der Waals surface area (Å²) >= 11 is 1.70. The number of carbonyl (C=O) groups is 1. The molecule has 19 heavy (non-hydrogen) atoms. The highest BCUT2D eigenvalue weighted by Crippen LogP contribution is 2.19. The monoisotopic (exact) mass is 280 g/mol. The molecule has 1 fully saturated rings. The maximum Gasteiger partial charge on any atom is 0.226 e. The summed E-state index contributed by atoms with van der Waals surface area (Å²) in [5, 5.41) is 3.24. The summed E-state index contributed by atoms with van der Waals surface area (Å²) < 4.78 is 5.59. The van der Waals surface area contributed by atoms with Gasteiger partial charge in [-0.15, -0.1) is 11.8 Å². The average molecular weight is 280 g/mol. The molecule has 0 aromatic heterocycles. The lowest BCUT2D eigenvalue weighted by atomic mass is 10.3. The van der Waals surface area contributed by atoms with Crippen LogP contribution >= 0.6 is 11.8 Å². The van der Waals surface area contributed by atoms with Gasteiger partial charge in [0.1, 0.15) is 5.75 Å². The number of piperazine rings is 1. The minimum Gasteiger partial charge on any atom is -0.493 e. The van der Waals surface area contributed by atoms with Gasteiger partial charge in [-0.05, 0) is 30.5 Å². The van der Waals surface area contributed by atoms with Gasteiger partial charge in [-0.2, -0.15) is 0 Å². The normalized spacial score (nSPS) is 15.3. The molecule has 1 aliphatic rings. The molecule has 5 heteroatoms. The molecule has 1 aliphatic heterocycles. The minimum atomic E-state index is 0.183. The lowest BCUT2D eigenvalue weighted by Crippen LogP contribution is -2.46. The number of benzene rings is 1. The van der Waals surface area contributed by atoms with Crippen molar-refractivity contribution in [2.45, 2.75) is 11.3 Å². The molecule has 1 aromatic carbocycles. The molecule has 1 heterocycles. The molecule has 1 amide bonds. The van der Waals surface area contributed by atoms with Crippen molar-refractivity contribution in [2.24, 2.45) is 0 Å². The second-order valence-corrected chi connectivity index (χ2v) is 5.28. The summed E-state index contributed by atoms with van der Waals surface area (Å²) in [6.45, 7) is 3.84. The Labute approximate surface area is 118 Å². The predicted octanol–water partition coefficient (Wildman–Crippen LogP) is 1.61. The van der Waals surface area contributed by atoms with Gasteiger partial charge in [0.05, 0.1) is 13.0 Å². The number of hydrogen-bond acceptors (Lipinski definition) is 4. The van der Waals surface area contributed by atoms with Crippen LogP contribution in [0.5, 0.6) is 5.75 Å². The van der Waals surface area contributed by atoms with Crippen LogP contribution in [0.2, 0.25) is 0 Å². The lowest BCUT2D eigenvalue weighted by molar-refractivity contribution is -0.132. The van der Waals surface area contributed by atoms with Crippen LogP contribution in [0.15, 0.2) is 29.2 Å². The Kier molecular flexibility index (Phi) is 5.54. The number of ether oxygens (including phenoxy) is 1.